The summed E-state index contributed by atoms with van der Waals surface area (Å²) < 4.78 is 21.9. The van der Waals surface area contributed by atoms with E-state index < -0.39 is 42.3 Å². The summed E-state index contributed by atoms with van der Waals surface area (Å²) >= 11 is 1.51. The Morgan fingerprint density at radius 3 is 2.31 bits per heavy atom. The lowest BCUT2D eigenvalue weighted by molar-refractivity contribution is -0.208. The van der Waals surface area contributed by atoms with E-state index in [0.29, 0.717) is 5.92 Å². The summed E-state index contributed by atoms with van der Waals surface area (Å²) in [6, 6.07) is -0.449. The number of rotatable bonds is 6. The molecule has 8 nitrogen and oxygen atoms in total. The van der Waals surface area contributed by atoms with Gasteiger partial charge in [-0.3, -0.25) is 19.4 Å². The molecule has 2 unspecified atom stereocenters. The second-order valence-corrected chi connectivity index (χ2v) is 7.94. The lowest BCUT2D eigenvalue weighted by Crippen LogP contribution is -2.59. The van der Waals surface area contributed by atoms with E-state index in [4.69, 9.17) is 23.9 Å². The van der Waals surface area contributed by atoms with Gasteiger partial charge in [-0.05, 0) is 25.2 Å². The van der Waals surface area contributed by atoms with Crippen molar-refractivity contribution in [3.63, 3.8) is 0 Å². The fourth-order valence-corrected chi connectivity index (χ4v) is 4.46. The summed E-state index contributed by atoms with van der Waals surface area (Å²) in [7, 11) is 0. The van der Waals surface area contributed by atoms with Crippen molar-refractivity contribution < 1.29 is 33.3 Å². The monoisotopic (exact) mass is 385 g/mol. The summed E-state index contributed by atoms with van der Waals surface area (Å²) in [6.07, 6.45) is 0.904. The summed E-state index contributed by atoms with van der Waals surface area (Å²) in [5, 5.41) is 0.967. The zero-order valence-corrected chi connectivity index (χ0v) is 15.8. The normalized spacial score (nSPS) is 33.0. The van der Waals surface area contributed by atoms with E-state index >= 15 is 0 Å². The number of thioether (sulfide) groups is 1. The van der Waals surface area contributed by atoms with Crippen LogP contribution in [0.5, 0.6) is 0 Å². The average Bonchev–Trinajstić information content (AvgIpc) is 3.24. The summed E-state index contributed by atoms with van der Waals surface area (Å²) in [5.74, 6) is -0.828. The molecule has 3 rings (SSSR count). The van der Waals surface area contributed by atoms with Gasteiger partial charge in [-0.1, -0.05) is 11.8 Å². The van der Waals surface area contributed by atoms with Gasteiger partial charge in [0.1, 0.15) is 24.2 Å². The molecule has 1 saturated carbocycles. The molecule has 0 aromatic heterocycles. The Hall–Kier alpha value is -1.61. The van der Waals surface area contributed by atoms with E-state index in [-0.39, 0.29) is 12.0 Å². The molecule has 9 heteroatoms. The molecule has 1 aliphatic carbocycles. The predicted octanol–water partition coefficient (Wildman–Crippen LogP) is 1.45. The number of aliphatic imine (C=N–C) groups is 1. The third-order valence-electron chi connectivity index (χ3n) is 4.38. The summed E-state index contributed by atoms with van der Waals surface area (Å²) in [4.78, 5) is 39.1. The molecule has 0 N–H and O–H groups in total. The SMILES string of the molecule is CC(=O)OC[C@H]1OC2SC(CC3CC3)=NC2[C@@H](OC(C)=O)[C@@H]1OC(C)=O. The molecule has 2 heterocycles. The molecule has 0 radical (unpaired) electrons. The zero-order chi connectivity index (χ0) is 18.8. The first-order chi connectivity index (χ1) is 12.3. The van der Waals surface area contributed by atoms with Crippen LogP contribution in [0.15, 0.2) is 4.99 Å². The van der Waals surface area contributed by atoms with Crippen molar-refractivity contribution >= 4 is 34.7 Å². The van der Waals surface area contributed by atoms with Gasteiger partial charge in [0.2, 0.25) is 0 Å². The van der Waals surface area contributed by atoms with Gasteiger partial charge in [0, 0.05) is 20.8 Å². The van der Waals surface area contributed by atoms with Gasteiger partial charge in [-0.2, -0.15) is 0 Å². The second-order valence-electron chi connectivity index (χ2n) is 6.77. The van der Waals surface area contributed by atoms with Crippen LogP contribution < -0.4 is 0 Å². The maximum atomic E-state index is 11.6. The number of esters is 3. The standard InChI is InChI=1S/C17H23NO7S/c1-8(19)22-7-12-15(23-9(2)20)16(24-10(3)21)14-17(25-12)26-13(18-14)6-11-4-5-11/h11-12,14-17H,4-7H2,1-3H3/t12-,14?,15-,16-,17?/m1/s1. The maximum absolute atomic E-state index is 11.6. The van der Waals surface area contributed by atoms with E-state index in [1.54, 1.807) is 0 Å². The molecule has 0 spiro atoms. The number of carbonyl (C=O) groups is 3. The minimum absolute atomic E-state index is 0.0905. The fraction of sp³-hybridized carbons (Fsp3) is 0.765. The van der Waals surface area contributed by atoms with Crippen molar-refractivity contribution in [1.82, 2.24) is 0 Å². The molecular formula is C17H23NO7S. The molecule has 2 fully saturated rings. The minimum Gasteiger partial charge on any atom is -0.463 e. The highest BCUT2D eigenvalue weighted by Gasteiger charge is 2.53. The van der Waals surface area contributed by atoms with Crippen molar-refractivity contribution in [2.45, 2.75) is 69.8 Å². The first-order valence-electron chi connectivity index (χ1n) is 8.70. The number of ether oxygens (including phenoxy) is 4. The molecule has 0 amide bonds. The highest BCUT2D eigenvalue weighted by atomic mass is 32.2. The fourth-order valence-electron chi connectivity index (χ4n) is 3.12. The van der Waals surface area contributed by atoms with Crippen molar-refractivity contribution in [1.29, 1.82) is 0 Å². The smallest absolute Gasteiger partial charge is 0.303 e. The Morgan fingerprint density at radius 1 is 1.08 bits per heavy atom. The quantitative estimate of drug-likeness (QED) is 0.500. The van der Waals surface area contributed by atoms with Crippen molar-refractivity contribution in [3.8, 4) is 0 Å². The van der Waals surface area contributed by atoms with E-state index in [9.17, 15) is 14.4 Å². The van der Waals surface area contributed by atoms with Gasteiger partial charge >= 0.3 is 17.9 Å². The highest BCUT2D eigenvalue weighted by molar-refractivity contribution is 8.14. The van der Waals surface area contributed by atoms with Crippen molar-refractivity contribution in [2.24, 2.45) is 10.9 Å². The molecule has 26 heavy (non-hydrogen) atoms. The van der Waals surface area contributed by atoms with E-state index in [0.717, 1.165) is 11.5 Å². The molecule has 144 valence electrons. The lowest BCUT2D eigenvalue weighted by Gasteiger charge is -2.41. The second kappa shape index (κ2) is 7.96. The number of hydrogen-bond donors (Lipinski definition) is 0. The Morgan fingerprint density at radius 2 is 1.73 bits per heavy atom. The first-order valence-corrected chi connectivity index (χ1v) is 9.58. The minimum atomic E-state index is -0.887. The third-order valence-corrected chi connectivity index (χ3v) is 5.54. The van der Waals surface area contributed by atoms with E-state index in [2.05, 4.69) is 0 Å². The predicted molar refractivity (Wildman–Crippen MR) is 92.6 cm³/mol. The molecular weight excluding hydrogens is 362 g/mol. The van der Waals surface area contributed by atoms with Gasteiger partial charge in [-0.15, -0.1) is 0 Å². The van der Waals surface area contributed by atoms with Crippen LogP contribution in [0.3, 0.4) is 0 Å². The zero-order valence-electron chi connectivity index (χ0n) is 15.0. The van der Waals surface area contributed by atoms with Gasteiger partial charge in [0.25, 0.3) is 0 Å². The first kappa shape index (κ1) is 19.2. The Bertz CT molecular complexity index is 618. The third kappa shape index (κ3) is 4.76. The Balaban J connectivity index is 1.81. The Labute approximate surface area is 156 Å². The summed E-state index contributed by atoms with van der Waals surface area (Å²) in [6.45, 7) is 3.77. The topological polar surface area (TPSA) is 100 Å². The van der Waals surface area contributed by atoms with Crippen molar-refractivity contribution in [2.75, 3.05) is 6.61 Å². The molecule has 3 aliphatic rings. The van der Waals surface area contributed by atoms with Crippen LogP contribution >= 0.6 is 11.8 Å². The van der Waals surface area contributed by atoms with Gasteiger partial charge in [-0.25, -0.2) is 0 Å². The molecule has 1 saturated heterocycles. The van der Waals surface area contributed by atoms with Crippen LogP contribution in [0, 0.1) is 5.92 Å². The highest BCUT2D eigenvalue weighted by Crippen LogP contribution is 2.43. The van der Waals surface area contributed by atoms with Crippen LogP contribution in [-0.2, 0) is 33.3 Å². The van der Waals surface area contributed by atoms with Crippen LogP contribution in [-0.4, -0.2) is 59.3 Å². The molecule has 5 atom stereocenters. The molecule has 2 aliphatic heterocycles. The molecule has 0 aromatic carbocycles. The van der Waals surface area contributed by atoms with Crippen LogP contribution in [0.2, 0.25) is 0 Å². The van der Waals surface area contributed by atoms with E-state index in [1.807, 2.05) is 0 Å². The number of hydrogen-bond acceptors (Lipinski definition) is 9. The molecule has 0 bridgehead atoms. The van der Waals surface area contributed by atoms with E-state index in [1.165, 1.54) is 45.4 Å². The number of carbonyl (C=O) groups excluding carboxylic acids is 3. The molecule has 0 aromatic rings. The van der Waals surface area contributed by atoms with Gasteiger partial charge < -0.3 is 18.9 Å². The van der Waals surface area contributed by atoms with Gasteiger partial charge in [0.15, 0.2) is 12.2 Å². The summed E-state index contributed by atoms with van der Waals surface area (Å²) in [5.41, 5.74) is -0.361. The maximum Gasteiger partial charge on any atom is 0.303 e. The van der Waals surface area contributed by atoms with Crippen LogP contribution in [0.25, 0.3) is 0 Å². The number of nitrogens with zero attached hydrogens (tertiary/aromatic N) is 1. The Kier molecular flexibility index (Phi) is 5.86. The largest absolute Gasteiger partial charge is 0.463 e. The van der Waals surface area contributed by atoms with Crippen molar-refractivity contribution in [3.05, 3.63) is 0 Å². The average molecular weight is 385 g/mol. The van der Waals surface area contributed by atoms with Crippen LogP contribution in [0.4, 0.5) is 0 Å². The number of fused-ring (bicyclic) bond motifs is 1. The van der Waals surface area contributed by atoms with Gasteiger partial charge in [0.05, 0.1) is 5.04 Å². The lowest BCUT2D eigenvalue weighted by atomic mass is 9.97. The van der Waals surface area contributed by atoms with Crippen LogP contribution in [0.1, 0.15) is 40.0 Å².